The molecular formula is C14H19N5O2. The van der Waals surface area contributed by atoms with E-state index >= 15 is 0 Å². The highest BCUT2D eigenvalue weighted by Gasteiger charge is 2.21. The van der Waals surface area contributed by atoms with Gasteiger partial charge in [-0.1, -0.05) is 12.1 Å². The van der Waals surface area contributed by atoms with Crippen LogP contribution in [0.2, 0.25) is 0 Å². The van der Waals surface area contributed by atoms with Gasteiger partial charge in [-0.2, -0.15) is 0 Å². The second-order valence-corrected chi connectivity index (χ2v) is 5.15. The van der Waals surface area contributed by atoms with Gasteiger partial charge in [0.05, 0.1) is 0 Å². The van der Waals surface area contributed by atoms with Crippen LogP contribution in [0.4, 0.5) is 4.79 Å². The Morgan fingerprint density at radius 2 is 2.10 bits per heavy atom. The minimum Gasteiger partial charge on any atom is -0.338 e. The normalized spacial score (nSPS) is 16.3. The molecule has 2 heterocycles. The van der Waals surface area contributed by atoms with Crippen LogP contribution in [0, 0.1) is 0 Å². The van der Waals surface area contributed by atoms with Crippen molar-refractivity contribution in [2.24, 2.45) is 0 Å². The molecule has 2 amide bonds. The largest absolute Gasteiger partial charge is 0.338 e. The molecule has 2 aromatic rings. The number of carbonyl (C=O) groups is 1. The van der Waals surface area contributed by atoms with Crippen molar-refractivity contribution in [1.82, 2.24) is 25.4 Å². The number of nitrogens with one attached hydrogen (secondary N) is 1. The molecular weight excluding hydrogens is 270 g/mol. The fourth-order valence-electron chi connectivity index (χ4n) is 2.60. The zero-order chi connectivity index (χ0) is 14.7. The fraction of sp³-hybridized carbons (Fsp3) is 0.500. The minimum atomic E-state index is 0.0277. The van der Waals surface area contributed by atoms with Crippen LogP contribution >= 0.6 is 0 Å². The third kappa shape index (κ3) is 2.97. The molecule has 112 valence electrons. The molecule has 1 N–H and O–H groups in total. The summed E-state index contributed by atoms with van der Waals surface area (Å²) in [6, 6.07) is 5.93. The van der Waals surface area contributed by atoms with Gasteiger partial charge in [-0.3, -0.25) is 4.90 Å². The molecule has 0 bridgehead atoms. The van der Waals surface area contributed by atoms with Crippen molar-refractivity contribution < 1.29 is 9.42 Å². The molecule has 0 atom stereocenters. The van der Waals surface area contributed by atoms with Crippen molar-refractivity contribution in [1.29, 1.82) is 0 Å². The van der Waals surface area contributed by atoms with E-state index in [9.17, 15) is 4.79 Å². The van der Waals surface area contributed by atoms with Crippen molar-refractivity contribution in [2.45, 2.75) is 13.5 Å². The van der Waals surface area contributed by atoms with Crippen molar-refractivity contribution in [3.63, 3.8) is 0 Å². The Labute approximate surface area is 122 Å². The van der Waals surface area contributed by atoms with Crippen molar-refractivity contribution in [3.05, 3.63) is 23.8 Å². The quantitative estimate of drug-likeness (QED) is 0.915. The highest BCUT2D eigenvalue weighted by atomic mass is 16.6. The van der Waals surface area contributed by atoms with Crippen molar-refractivity contribution in [2.75, 3.05) is 32.7 Å². The van der Waals surface area contributed by atoms with Crippen LogP contribution in [0.5, 0.6) is 0 Å². The lowest BCUT2D eigenvalue weighted by molar-refractivity contribution is 0.136. The highest BCUT2D eigenvalue weighted by Crippen LogP contribution is 2.17. The van der Waals surface area contributed by atoms with Gasteiger partial charge in [0.25, 0.3) is 0 Å². The molecule has 1 fully saturated rings. The summed E-state index contributed by atoms with van der Waals surface area (Å²) in [5, 5.41) is 10.7. The van der Waals surface area contributed by atoms with Crippen LogP contribution in [-0.4, -0.2) is 58.9 Å². The van der Waals surface area contributed by atoms with Gasteiger partial charge in [-0.25, -0.2) is 9.42 Å². The topological polar surface area (TPSA) is 74.5 Å². The van der Waals surface area contributed by atoms with E-state index in [1.165, 1.54) is 0 Å². The number of amides is 2. The van der Waals surface area contributed by atoms with E-state index in [4.69, 9.17) is 4.63 Å². The molecule has 1 saturated heterocycles. The summed E-state index contributed by atoms with van der Waals surface area (Å²) in [5.74, 6) is 0. The van der Waals surface area contributed by atoms with Gasteiger partial charge in [0.15, 0.2) is 0 Å². The van der Waals surface area contributed by atoms with Crippen LogP contribution in [-0.2, 0) is 6.54 Å². The number of hydrogen-bond acceptors (Lipinski definition) is 5. The lowest BCUT2D eigenvalue weighted by Gasteiger charge is -2.34. The maximum atomic E-state index is 11.8. The van der Waals surface area contributed by atoms with Crippen LogP contribution in [0.15, 0.2) is 22.8 Å². The maximum Gasteiger partial charge on any atom is 0.317 e. The average molecular weight is 289 g/mol. The Morgan fingerprint density at radius 1 is 1.29 bits per heavy atom. The SMILES string of the molecule is CCNC(=O)N1CCN(Cc2cccc3nonc23)CC1. The number of aromatic nitrogens is 2. The smallest absolute Gasteiger partial charge is 0.317 e. The summed E-state index contributed by atoms with van der Waals surface area (Å²) < 4.78 is 4.79. The maximum absolute atomic E-state index is 11.8. The molecule has 0 spiro atoms. The van der Waals surface area contributed by atoms with Crippen molar-refractivity contribution in [3.8, 4) is 0 Å². The molecule has 0 radical (unpaired) electrons. The number of carbonyl (C=O) groups excluding carboxylic acids is 1. The van der Waals surface area contributed by atoms with E-state index in [1.54, 1.807) is 0 Å². The van der Waals surface area contributed by atoms with Gasteiger partial charge in [0.1, 0.15) is 11.0 Å². The second kappa shape index (κ2) is 6.09. The predicted molar refractivity (Wildman–Crippen MR) is 77.7 cm³/mol. The summed E-state index contributed by atoms with van der Waals surface area (Å²) in [4.78, 5) is 15.9. The second-order valence-electron chi connectivity index (χ2n) is 5.15. The molecule has 0 aliphatic carbocycles. The molecule has 3 rings (SSSR count). The van der Waals surface area contributed by atoms with Crippen LogP contribution < -0.4 is 5.32 Å². The zero-order valence-electron chi connectivity index (χ0n) is 12.1. The first-order chi connectivity index (χ1) is 10.3. The number of hydrogen-bond donors (Lipinski definition) is 1. The lowest BCUT2D eigenvalue weighted by Crippen LogP contribution is -2.51. The summed E-state index contributed by atoms with van der Waals surface area (Å²) in [5.41, 5.74) is 2.72. The summed E-state index contributed by atoms with van der Waals surface area (Å²) in [6.07, 6.45) is 0. The van der Waals surface area contributed by atoms with E-state index < -0.39 is 0 Å². The minimum absolute atomic E-state index is 0.0277. The number of nitrogens with zero attached hydrogens (tertiary/aromatic N) is 4. The van der Waals surface area contributed by atoms with Crippen molar-refractivity contribution >= 4 is 17.1 Å². The number of benzene rings is 1. The number of fused-ring (bicyclic) bond motifs is 1. The monoisotopic (exact) mass is 289 g/mol. The summed E-state index contributed by atoms with van der Waals surface area (Å²) >= 11 is 0. The third-order valence-electron chi connectivity index (χ3n) is 3.75. The highest BCUT2D eigenvalue weighted by molar-refractivity contribution is 5.76. The zero-order valence-corrected chi connectivity index (χ0v) is 12.1. The average Bonchev–Trinajstić information content (AvgIpc) is 2.98. The van der Waals surface area contributed by atoms with E-state index in [1.807, 2.05) is 30.0 Å². The number of rotatable bonds is 3. The molecule has 0 saturated carbocycles. The van der Waals surface area contributed by atoms with Crippen LogP contribution in [0.25, 0.3) is 11.0 Å². The molecule has 1 aliphatic rings. The number of urea groups is 1. The van der Waals surface area contributed by atoms with Gasteiger partial charge in [-0.15, -0.1) is 0 Å². The molecule has 1 aromatic heterocycles. The lowest BCUT2D eigenvalue weighted by atomic mass is 10.1. The fourth-order valence-corrected chi connectivity index (χ4v) is 2.60. The van der Waals surface area contributed by atoms with E-state index in [0.717, 1.165) is 49.3 Å². The predicted octanol–water partition coefficient (Wildman–Crippen LogP) is 1.07. The van der Waals surface area contributed by atoms with E-state index in [-0.39, 0.29) is 6.03 Å². The number of piperazine rings is 1. The summed E-state index contributed by atoms with van der Waals surface area (Å²) in [6.45, 7) is 6.62. The van der Waals surface area contributed by atoms with Gasteiger partial charge >= 0.3 is 6.03 Å². The van der Waals surface area contributed by atoms with E-state index in [0.29, 0.717) is 6.54 Å². The van der Waals surface area contributed by atoms with Gasteiger partial charge in [-0.05, 0) is 28.9 Å². The van der Waals surface area contributed by atoms with Crippen LogP contribution in [0.3, 0.4) is 0 Å². The molecule has 7 heteroatoms. The Kier molecular flexibility index (Phi) is 4.01. The third-order valence-corrected chi connectivity index (χ3v) is 3.75. The molecule has 7 nitrogen and oxygen atoms in total. The van der Waals surface area contributed by atoms with E-state index in [2.05, 4.69) is 20.5 Å². The first kappa shape index (κ1) is 13.8. The first-order valence-corrected chi connectivity index (χ1v) is 7.23. The molecule has 1 aromatic carbocycles. The molecule has 21 heavy (non-hydrogen) atoms. The summed E-state index contributed by atoms with van der Waals surface area (Å²) in [7, 11) is 0. The Bertz CT molecular complexity index is 619. The first-order valence-electron chi connectivity index (χ1n) is 7.23. The van der Waals surface area contributed by atoms with Gasteiger partial charge in [0.2, 0.25) is 0 Å². The molecule has 0 unspecified atom stereocenters. The van der Waals surface area contributed by atoms with Gasteiger partial charge < -0.3 is 10.2 Å². The standard InChI is InChI=1S/C14H19N5O2/c1-2-15-14(20)19-8-6-18(7-9-19)10-11-4-3-5-12-13(11)17-21-16-12/h3-5H,2,6-10H2,1H3,(H,15,20). The Balaban J connectivity index is 1.60. The van der Waals surface area contributed by atoms with Gasteiger partial charge in [0, 0.05) is 39.3 Å². The molecule has 1 aliphatic heterocycles. The van der Waals surface area contributed by atoms with Crippen LogP contribution in [0.1, 0.15) is 12.5 Å². The Hall–Kier alpha value is -2.15. The Morgan fingerprint density at radius 3 is 2.86 bits per heavy atom.